The molecule has 0 aliphatic heterocycles. The number of phenolic OH excluding ortho intramolecular Hbond substituents is 1. The topological polar surface area (TPSA) is 92.9 Å². The molecule has 2 aromatic carbocycles. The van der Waals surface area contributed by atoms with Gasteiger partial charge >= 0.3 is 0 Å². The van der Waals surface area contributed by atoms with Crippen LogP contribution in [-0.2, 0) is 0 Å². The lowest BCUT2D eigenvalue weighted by Crippen LogP contribution is -2.12. The Labute approximate surface area is 142 Å². The van der Waals surface area contributed by atoms with Crippen molar-refractivity contribution in [3.63, 3.8) is 0 Å². The van der Waals surface area contributed by atoms with Gasteiger partial charge in [-0.05, 0) is 42.5 Å². The number of carbonyl (C=O) groups is 1. The Morgan fingerprint density at radius 1 is 1.12 bits per heavy atom. The molecule has 0 saturated carbocycles. The largest absolute Gasteiger partial charge is 0.507 e. The summed E-state index contributed by atoms with van der Waals surface area (Å²) < 4.78 is 1.62. The standard InChI is InChI=1S/C18H13N5O2/c24-17-8-12-2-1-7-20-16(12)9-15(17)18(25)22-13-3-5-14(6-4-13)23-11-19-10-21-23/h1-11,24H,(H,22,25). The maximum absolute atomic E-state index is 12.5. The second kappa shape index (κ2) is 6.04. The van der Waals surface area contributed by atoms with E-state index < -0.39 is 5.91 Å². The van der Waals surface area contributed by atoms with Gasteiger partial charge in [-0.25, -0.2) is 9.67 Å². The summed E-state index contributed by atoms with van der Waals surface area (Å²) >= 11 is 0. The van der Waals surface area contributed by atoms with Crippen molar-refractivity contribution in [2.24, 2.45) is 0 Å². The molecule has 25 heavy (non-hydrogen) atoms. The molecule has 7 nitrogen and oxygen atoms in total. The maximum Gasteiger partial charge on any atom is 0.259 e. The number of rotatable bonds is 3. The number of phenols is 1. The Bertz CT molecular complexity index is 1040. The van der Waals surface area contributed by atoms with Crippen LogP contribution >= 0.6 is 0 Å². The van der Waals surface area contributed by atoms with Gasteiger partial charge in [-0.2, -0.15) is 5.10 Å². The fourth-order valence-corrected chi connectivity index (χ4v) is 2.53. The number of pyridine rings is 1. The fraction of sp³-hybridized carbons (Fsp3) is 0. The summed E-state index contributed by atoms with van der Waals surface area (Å²) in [5.74, 6) is -0.490. The normalized spacial score (nSPS) is 10.7. The number of hydrogen-bond acceptors (Lipinski definition) is 5. The maximum atomic E-state index is 12.5. The summed E-state index contributed by atoms with van der Waals surface area (Å²) in [6.07, 6.45) is 4.68. The van der Waals surface area contributed by atoms with Crippen molar-refractivity contribution >= 4 is 22.5 Å². The van der Waals surface area contributed by atoms with E-state index in [9.17, 15) is 9.90 Å². The van der Waals surface area contributed by atoms with Gasteiger partial charge in [-0.1, -0.05) is 6.07 Å². The first kappa shape index (κ1) is 14.8. The van der Waals surface area contributed by atoms with Gasteiger partial charge in [-0.3, -0.25) is 9.78 Å². The highest BCUT2D eigenvalue weighted by Gasteiger charge is 2.13. The minimum absolute atomic E-state index is 0.0859. The molecule has 4 rings (SSSR count). The van der Waals surface area contributed by atoms with E-state index in [1.807, 2.05) is 18.2 Å². The summed E-state index contributed by atoms with van der Waals surface area (Å²) in [6.45, 7) is 0. The summed E-state index contributed by atoms with van der Waals surface area (Å²) in [5.41, 5.74) is 2.25. The van der Waals surface area contributed by atoms with Crippen LogP contribution in [0.1, 0.15) is 10.4 Å². The molecule has 7 heteroatoms. The third kappa shape index (κ3) is 2.90. The molecule has 0 aliphatic carbocycles. The average Bonchev–Trinajstić information content (AvgIpc) is 3.16. The van der Waals surface area contributed by atoms with Crippen LogP contribution in [0.4, 0.5) is 5.69 Å². The lowest BCUT2D eigenvalue weighted by molar-refractivity contribution is 0.102. The van der Waals surface area contributed by atoms with Crippen molar-refractivity contribution in [2.75, 3.05) is 5.32 Å². The number of nitrogens with one attached hydrogen (secondary N) is 1. The van der Waals surface area contributed by atoms with Crippen molar-refractivity contribution in [3.8, 4) is 11.4 Å². The molecule has 2 N–H and O–H groups in total. The summed E-state index contributed by atoms with van der Waals surface area (Å²) in [4.78, 5) is 20.6. The van der Waals surface area contributed by atoms with Gasteiger partial charge in [0, 0.05) is 17.3 Å². The van der Waals surface area contributed by atoms with Gasteiger partial charge < -0.3 is 10.4 Å². The van der Waals surface area contributed by atoms with Gasteiger partial charge in [0.1, 0.15) is 18.4 Å². The Morgan fingerprint density at radius 2 is 1.96 bits per heavy atom. The molecule has 0 saturated heterocycles. The molecule has 0 unspecified atom stereocenters. The van der Waals surface area contributed by atoms with E-state index in [0.29, 0.717) is 11.2 Å². The minimum Gasteiger partial charge on any atom is -0.507 e. The zero-order valence-electron chi connectivity index (χ0n) is 13.0. The lowest BCUT2D eigenvalue weighted by Gasteiger charge is -2.09. The Hall–Kier alpha value is -3.74. The number of aromatic nitrogens is 4. The van der Waals surface area contributed by atoms with Crippen molar-refractivity contribution in [1.29, 1.82) is 0 Å². The molecule has 2 aromatic heterocycles. The van der Waals surface area contributed by atoms with E-state index in [1.165, 1.54) is 12.4 Å². The number of carbonyl (C=O) groups excluding carboxylic acids is 1. The van der Waals surface area contributed by atoms with Crippen LogP contribution in [0, 0.1) is 0 Å². The highest BCUT2D eigenvalue weighted by molar-refractivity contribution is 6.08. The first-order valence-electron chi connectivity index (χ1n) is 7.55. The third-order valence-corrected chi connectivity index (χ3v) is 3.77. The van der Waals surface area contributed by atoms with Crippen LogP contribution in [0.2, 0.25) is 0 Å². The highest BCUT2D eigenvalue weighted by Crippen LogP contribution is 2.24. The summed E-state index contributed by atoms with van der Waals surface area (Å²) in [7, 11) is 0. The van der Waals surface area contributed by atoms with Gasteiger partial charge in [0.15, 0.2) is 0 Å². The molecule has 1 amide bonds. The number of benzene rings is 2. The van der Waals surface area contributed by atoms with Crippen LogP contribution in [0.3, 0.4) is 0 Å². The number of fused-ring (bicyclic) bond motifs is 1. The number of anilines is 1. The third-order valence-electron chi connectivity index (χ3n) is 3.77. The van der Waals surface area contributed by atoms with E-state index in [0.717, 1.165) is 11.1 Å². The quantitative estimate of drug-likeness (QED) is 0.602. The Morgan fingerprint density at radius 3 is 2.72 bits per heavy atom. The summed E-state index contributed by atoms with van der Waals surface area (Å²) in [6, 6.07) is 13.8. The molecular weight excluding hydrogens is 318 g/mol. The second-order valence-electron chi connectivity index (χ2n) is 5.41. The predicted molar refractivity (Wildman–Crippen MR) is 92.7 cm³/mol. The van der Waals surface area contributed by atoms with Crippen LogP contribution < -0.4 is 5.32 Å². The molecule has 0 atom stereocenters. The first-order chi connectivity index (χ1) is 12.2. The monoisotopic (exact) mass is 331 g/mol. The zero-order chi connectivity index (χ0) is 17.2. The smallest absolute Gasteiger partial charge is 0.259 e. The number of hydrogen-bond donors (Lipinski definition) is 2. The minimum atomic E-state index is -0.404. The van der Waals surface area contributed by atoms with E-state index in [1.54, 1.807) is 41.5 Å². The van der Waals surface area contributed by atoms with Crippen LogP contribution in [0.15, 0.2) is 67.4 Å². The molecular formula is C18H13N5O2. The van der Waals surface area contributed by atoms with Crippen molar-refractivity contribution in [3.05, 3.63) is 72.9 Å². The SMILES string of the molecule is O=C(Nc1ccc(-n2cncn2)cc1)c1cc2ncccc2cc1O. The van der Waals surface area contributed by atoms with Gasteiger partial charge in [0.25, 0.3) is 5.91 Å². The molecule has 0 spiro atoms. The zero-order valence-corrected chi connectivity index (χ0v) is 13.0. The number of nitrogens with zero attached hydrogens (tertiary/aromatic N) is 4. The number of amides is 1. The highest BCUT2D eigenvalue weighted by atomic mass is 16.3. The van der Waals surface area contributed by atoms with Crippen LogP contribution in [-0.4, -0.2) is 30.8 Å². The number of aromatic hydroxyl groups is 1. The molecule has 122 valence electrons. The fourth-order valence-electron chi connectivity index (χ4n) is 2.53. The van der Waals surface area contributed by atoms with Gasteiger partial charge in [-0.15, -0.1) is 0 Å². The van der Waals surface area contributed by atoms with Crippen LogP contribution in [0.25, 0.3) is 16.6 Å². The predicted octanol–water partition coefficient (Wildman–Crippen LogP) is 2.77. The second-order valence-corrected chi connectivity index (χ2v) is 5.41. The van der Waals surface area contributed by atoms with E-state index in [4.69, 9.17) is 0 Å². The Balaban J connectivity index is 1.58. The van der Waals surface area contributed by atoms with E-state index in [2.05, 4.69) is 20.4 Å². The lowest BCUT2D eigenvalue weighted by atomic mass is 10.1. The summed E-state index contributed by atoms with van der Waals surface area (Å²) in [5, 5.41) is 17.7. The molecule has 0 aliphatic rings. The Kier molecular flexibility index (Phi) is 3.59. The van der Waals surface area contributed by atoms with E-state index in [-0.39, 0.29) is 11.3 Å². The van der Waals surface area contributed by atoms with Crippen molar-refractivity contribution in [2.45, 2.75) is 0 Å². The first-order valence-corrected chi connectivity index (χ1v) is 7.55. The molecule has 2 heterocycles. The van der Waals surface area contributed by atoms with Gasteiger partial charge in [0.2, 0.25) is 0 Å². The molecule has 0 bridgehead atoms. The van der Waals surface area contributed by atoms with E-state index >= 15 is 0 Å². The van der Waals surface area contributed by atoms with Gasteiger partial charge in [0.05, 0.1) is 16.8 Å². The van der Waals surface area contributed by atoms with Crippen molar-refractivity contribution < 1.29 is 9.90 Å². The average molecular weight is 331 g/mol. The molecule has 0 fully saturated rings. The molecule has 0 radical (unpaired) electrons. The van der Waals surface area contributed by atoms with Crippen molar-refractivity contribution in [1.82, 2.24) is 19.7 Å². The van der Waals surface area contributed by atoms with Crippen LogP contribution in [0.5, 0.6) is 5.75 Å². The molecule has 4 aromatic rings.